The van der Waals surface area contributed by atoms with Crippen molar-refractivity contribution in [2.45, 2.75) is 46.7 Å². The minimum absolute atomic E-state index is 0.473. The van der Waals surface area contributed by atoms with Gasteiger partial charge in [-0.05, 0) is 46.8 Å². The number of guanidine groups is 1. The number of aliphatic imine (C=N–C) groups is 1. The van der Waals surface area contributed by atoms with Crippen molar-refractivity contribution >= 4 is 11.6 Å². The predicted octanol–water partition coefficient (Wildman–Crippen LogP) is 2.84. The van der Waals surface area contributed by atoms with E-state index in [9.17, 15) is 0 Å². The number of nitrogens with zero attached hydrogens (tertiary/aromatic N) is 2. The number of aryl methyl sites for hydroxylation is 1. The normalized spacial score (nSPS) is 12.5. The average Bonchev–Trinajstić information content (AvgIpc) is 2.36. The molecule has 0 spiro atoms. The molecule has 0 fully saturated rings. The lowest BCUT2D eigenvalue weighted by molar-refractivity contribution is 0.181. The molecule has 0 atom stereocenters. The fraction of sp³-hybridized carbons (Fsp3) is 0.562. The highest BCUT2D eigenvalue weighted by atomic mass is 15.2. The molecular weight excluding hydrogens is 248 g/mol. The van der Waals surface area contributed by atoms with Crippen LogP contribution >= 0.6 is 0 Å². The van der Waals surface area contributed by atoms with Crippen molar-refractivity contribution in [3.05, 3.63) is 29.8 Å². The summed E-state index contributed by atoms with van der Waals surface area (Å²) >= 11 is 0. The van der Waals surface area contributed by atoms with Crippen LogP contribution in [-0.2, 0) is 0 Å². The molecule has 4 heteroatoms. The summed E-state index contributed by atoms with van der Waals surface area (Å²) in [5.41, 5.74) is 8.11. The van der Waals surface area contributed by atoms with Crippen LogP contribution in [0.3, 0.4) is 0 Å². The lowest BCUT2D eigenvalue weighted by Gasteiger charge is -2.29. The van der Waals surface area contributed by atoms with Gasteiger partial charge < -0.3 is 11.1 Å². The van der Waals surface area contributed by atoms with Gasteiger partial charge >= 0.3 is 0 Å². The van der Waals surface area contributed by atoms with Crippen LogP contribution in [0.2, 0.25) is 0 Å². The summed E-state index contributed by atoms with van der Waals surface area (Å²) in [6.07, 6.45) is 0. The van der Waals surface area contributed by atoms with Crippen LogP contribution in [0.15, 0.2) is 29.3 Å². The maximum absolute atomic E-state index is 5.90. The third-order valence-corrected chi connectivity index (χ3v) is 3.29. The average molecular weight is 276 g/mol. The number of anilines is 1. The second-order valence-corrected chi connectivity index (χ2v) is 5.68. The number of hydrogen-bond acceptors (Lipinski definition) is 2. The highest BCUT2D eigenvalue weighted by Crippen LogP contribution is 2.08. The van der Waals surface area contributed by atoms with Gasteiger partial charge in [-0.25, -0.2) is 0 Å². The molecule has 1 aromatic rings. The van der Waals surface area contributed by atoms with Gasteiger partial charge in [0.05, 0.1) is 6.54 Å². The van der Waals surface area contributed by atoms with Crippen LogP contribution in [0.5, 0.6) is 0 Å². The van der Waals surface area contributed by atoms with Crippen LogP contribution < -0.4 is 11.1 Å². The summed E-state index contributed by atoms with van der Waals surface area (Å²) in [6.45, 7) is 12.5. The van der Waals surface area contributed by atoms with E-state index in [4.69, 9.17) is 5.73 Å². The Morgan fingerprint density at radius 2 is 1.70 bits per heavy atom. The van der Waals surface area contributed by atoms with Gasteiger partial charge in [0.2, 0.25) is 0 Å². The number of benzene rings is 1. The van der Waals surface area contributed by atoms with Gasteiger partial charge in [0, 0.05) is 24.3 Å². The number of rotatable bonds is 6. The Balaban J connectivity index is 2.47. The zero-order valence-corrected chi connectivity index (χ0v) is 13.4. The molecule has 1 rings (SSSR count). The van der Waals surface area contributed by atoms with Crippen LogP contribution in [-0.4, -0.2) is 36.0 Å². The van der Waals surface area contributed by atoms with Gasteiger partial charge in [-0.1, -0.05) is 17.7 Å². The first-order valence-corrected chi connectivity index (χ1v) is 7.29. The van der Waals surface area contributed by atoms with Gasteiger partial charge in [0.25, 0.3) is 0 Å². The van der Waals surface area contributed by atoms with Crippen LogP contribution in [0.4, 0.5) is 5.69 Å². The summed E-state index contributed by atoms with van der Waals surface area (Å²) in [6, 6.07) is 9.16. The van der Waals surface area contributed by atoms with Crippen LogP contribution in [0.1, 0.15) is 33.3 Å². The summed E-state index contributed by atoms with van der Waals surface area (Å²) in [7, 11) is 0. The zero-order chi connectivity index (χ0) is 15.1. The first-order chi connectivity index (χ1) is 9.40. The standard InChI is InChI=1S/C16H28N4/c1-12(2)20(13(3)4)11-10-18-16(17)19-15-8-6-14(5)7-9-15/h6-9,12-13H,10-11H2,1-5H3,(H3,17,18,19). The molecule has 4 nitrogen and oxygen atoms in total. The van der Waals surface area contributed by atoms with Crippen molar-refractivity contribution in [3.8, 4) is 0 Å². The van der Waals surface area contributed by atoms with Crippen molar-refractivity contribution in [2.75, 3.05) is 18.4 Å². The highest BCUT2D eigenvalue weighted by Gasteiger charge is 2.12. The third-order valence-electron chi connectivity index (χ3n) is 3.29. The fourth-order valence-corrected chi connectivity index (χ4v) is 2.22. The number of nitrogens with one attached hydrogen (secondary N) is 1. The van der Waals surface area contributed by atoms with Crippen molar-refractivity contribution < 1.29 is 0 Å². The van der Waals surface area contributed by atoms with E-state index in [-0.39, 0.29) is 0 Å². The van der Waals surface area contributed by atoms with E-state index >= 15 is 0 Å². The molecule has 0 radical (unpaired) electrons. The van der Waals surface area contributed by atoms with Crippen molar-refractivity contribution in [1.82, 2.24) is 4.90 Å². The molecule has 0 aliphatic carbocycles. The lowest BCUT2D eigenvalue weighted by atomic mass is 10.2. The molecule has 0 unspecified atom stereocenters. The van der Waals surface area contributed by atoms with Crippen LogP contribution in [0, 0.1) is 6.92 Å². The molecule has 0 heterocycles. The fourth-order valence-electron chi connectivity index (χ4n) is 2.22. The summed E-state index contributed by atoms with van der Waals surface area (Å²) in [5, 5.41) is 3.11. The number of hydrogen-bond donors (Lipinski definition) is 2. The molecule has 0 saturated carbocycles. The third kappa shape index (κ3) is 5.61. The molecule has 1 aromatic carbocycles. The first kappa shape index (κ1) is 16.5. The molecule has 20 heavy (non-hydrogen) atoms. The topological polar surface area (TPSA) is 53.6 Å². The SMILES string of the molecule is Cc1ccc(NC(N)=NCCN(C(C)C)C(C)C)cc1. The largest absolute Gasteiger partial charge is 0.370 e. The highest BCUT2D eigenvalue weighted by molar-refractivity contribution is 5.92. The molecule has 0 aliphatic rings. The Kier molecular flexibility index (Phi) is 6.52. The quantitative estimate of drug-likeness (QED) is 0.620. The van der Waals surface area contributed by atoms with Gasteiger partial charge in [-0.15, -0.1) is 0 Å². The van der Waals surface area contributed by atoms with Gasteiger partial charge in [0.15, 0.2) is 5.96 Å². The smallest absolute Gasteiger partial charge is 0.193 e. The summed E-state index contributed by atoms with van der Waals surface area (Å²) < 4.78 is 0. The maximum Gasteiger partial charge on any atom is 0.193 e. The van der Waals surface area contributed by atoms with E-state index in [1.165, 1.54) is 5.56 Å². The Morgan fingerprint density at radius 3 is 2.20 bits per heavy atom. The zero-order valence-electron chi connectivity index (χ0n) is 13.4. The monoisotopic (exact) mass is 276 g/mol. The molecule has 0 aliphatic heterocycles. The summed E-state index contributed by atoms with van der Waals surface area (Å²) in [4.78, 5) is 6.79. The Bertz CT molecular complexity index is 413. The van der Waals surface area contributed by atoms with E-state index in [0.29, 0.717) is 24.6 Å². The second-order valence-electron chi connectivity index (χ2n) is 5.68. The van der Waals surface area contributed by atoms with Crippen molar-refractivity contribution in [3.63, 3.8) is 0 Å². The van der Waals surface area contributed by atoms with E-state index in [2.05, 4.69) is 62.0 Å². The predicted molar refractivity (Wildman–Crippen MR) is 88.3 cm³/mol. The van der Waals surface area contributed by atoms with Crippen molar-refractivity contribution in [1.29, 1.82) is 0 Å². The van der Waals surface area contributed by atoms with Gasteiger partial charge in [-0.3, -0.25) is 9.89 Å². The minimum atomic E-state index is 0.473. The van der Waals surface area contributed by atoms with E-state index in [1.54, 1.807) is 0 Å². The molecule has 0 amide bonds. The van der Waals surface area contributed by atoms with E-state index in [0.717, 1.165) is 12.2 Å². The van der Waals surface area contributed by atoms with Gasteiger partial charge in [0.1, 0.15) is 0 Å². The Morgan fingerprint density at radius 1 is 1.15 bits per heavy atom. The van der Waals surface area contributed by atoms with Gasteiger partial charge in [-0.2, -0.15) is 0 Å². The molecule has 3 N–H and O–H groups in total. The molecule has 0 saturated heterocycles. The lowest BCUT2D eigenvalue weighted by Crippen LogP contribution is -2.39. The van der Waals surface area contributed by atoms with E-state index in [1.807, 2.05) is 12.1 Å². The molecular formula is C16H28N4. The minimum Gasteiger partial charge on any atom is -0.370 e. The second kappa shape index (κ2) is 7.90. The van der Waals surface area contributed by atoms with Crippen molar-refractivity contribution in [2.24, 2.45) is 10.7 Å². The number of nitrogens with two attached hydrogens (primary N) is 1. The van der Waals surface area contributed by atoms with E-state index < -0.39 is 0 Å². The maximum atomic E-state index is 5.90. The first-order valence-electron chi connectivity index (χ1n) is 7.29. The molecule has 0 aromatic heterocycles. The Hall–Kier alpha value is -1.55. The molecule has 112 valence electrons. The Labute approximate surface area is 123 Å². The summed E-state index contributed by atoms with van der Waals surface area (Å²) in [5.74, 6) is 0.473. The molecule has 0 bridgehead atoms. The van der Waals surface area contributed by atoms with Crippen LogP contribution in [0.25, 0.3) is 0 Å².